The molecule has 2 rings (SSSR count). The molecule has 2 nitrogen and oxygen atoms in total. The van der Waals surface area contributed by atoms with Crippen LogP contribution in [0.1, 0.15) is 26.7 Å². The molecule has 0 aliphatic heterocycles. The lowest BCUT2D eigenvalue weighted by Gasteiger charge is -2.38. The molecule has 0 heterocycles. The van der Waals surface area contributed by atoms with Crippen molar-refractivity contribution in [1.82, 2.24) is 0 Å². The summed E-state index contributed by atoms with van der Waals surface area (Å²) in [6.45, 7) is 3.36. The molecule has 1 amide bonds. The average Bonchev–Trinajstić information content (AvgIpc) is 2.36. The van der Waals surface area contributed by atoms with Crippen LogP contribution < -0.4 is 5.73 Å². The molecule has 88 valence electrons. The molecule has 1 fully saturated rings. The van der Waals surface area contributed by atoms with E-state index in [1.165, 1.54) is 0 Å². The van der Waals surface area contributed by atoms with Gasteiger partial charge in [-0.2, -0.15) is 0 Å². The lowest BCUT2D eigenvalue weighted by atomic mass is 9.69. The van der Waals surface area contributed by atoms with Gasteiger partial charge in [0.15, 0.2) is 0 Å². The maximum absolute atomic E-state index is 13.4. The summed E-state index contributed by atoms with van der Waals surface area (Å²) in [4.78, 5) is 11.2. The number of carbonyl (C=O) groups excluding carboxylic acids is 1. The Hall–Kier alpha value is -1.78. The molecule has 0 aromatic carbocycles. The minimum atomic E-state index is -1.10. The highest BCUT2D eigenvalue weighted by Gasteiger charge is 2.42. The van der Waals surface area contributed by atoms with E-state index in [0.29, 0.717) is 24.0 Å². The van der Waals surface area contributed by atoms with Crippen LogP contribution in [-0.2, 0) is 4.79 Å². The van der Waals surface area contributed by atoms with Crippen molar-refractivity contribution in [1.29, 1.82) is 0 Å². The first-order valence-corrected chi connectivity index (χ1v) is 5.57. The lowest BCUT2D eigenvalue weighted by molar-refractivity contribution is -0.114. The fourth-order valence-corrected chi connectivity index (χ4v) is 2.17. The Morgan fingerprint density at radius 3 is 2.71 bits per heavy atom. The van der Waals surface area contributed by atoms with Crippen molar-refractivity contribution in [2.45, 2.75) is 32.4 Å². The van der Waals surface area contributed by atoms with Crippen molar-refractivity contribution < 1.29 is 9.18 Å². The SMILES string of the molecule is CC1=C=C(C(N)=O)C=C(C2CC(C)(F)C2)C#C1. The summed E-state index contributed by atoms with van der Waals surface area (Å²) in [6.07, 6.45) is 2.56. The van der Waals surface area contributed by atoms with Gasteiger partial charge in [-0.1, -0.05) is 17.6 Å². The first-order chi connectivity index (χ1) is 7.87. The summed E-state index contributed by atoms with van der Waals surface area (Å²) in [7, 11) is 0. The summed E-state index contributed by atoms with van der Waals surface area (Å²) in [5, 5.41) is 0. The number of halogens is 1. The predicted octanol–water partition coefficient (Wildman–Crippen LogP) is 2.02. The first-order valence-electron chi connectivity index (χ1n) is 5.57. The number of nitrogens with two attached hydrogens (primary N) is 1. The number of allylic oxidation sites excluding steroid dienone is 1. The fourth-order valence-electron chi connectivity index (χ4n) is 2.17. The molecule has 0 spiro atoms. The second kappa shape index (κ2) is 3.91. The highest BCUT2D eigenvalue weighted by atomic mass is 19.1. The minimum absolute atomic E-state index is 0.0968. The van der Waals surface area contributed by atoms with Crippen LogP contribution in [0.2, 0.25) is 0 Å². The standard InChI is InChI=1S/C14H14FNO/c1-9-3-4-10(6-11(5-9)13(16)17)12-7-14(2,15)8-12/h6,12H,7-8H2,1-2H3,(H2,16,17). The highest BCUT2D eigenvalue weighted by Crippen LogP contribution is 2.44. The fraction of sp³-hybridized carbons (Fsp3) is 0.429. The number of alkyl halides is 1. The van der Waals surface area contributed by atoms with Gasteiger partial charge in [-0.15, -0.1) is 0 Å². The van der Waals surface area contributed by atoms with Gasteiger partial charge in [-0.3, -0.25) is 4.79 Å². The zero-order valence-corrected chi connectivity index (χ0v) is 9.93. The molecule has 2 aliphatic carbocycles. The second-order valence-electron chi connectivity index (χ2n) is 4.90. The molecule has 0 bridgehead atoms. The molecular formula is C14H14FNO. The Bertz CT molecular complexity index is 528. The van der Waals surface area contributed by atoms with Gasteiger partial charge in [0.25, 0.3) is 5.91 Å². The normalized spacial score (nSPS) is 31.0. The van der Waals surface area contributed by atoms with Gasteiger partial charge in [-0.05, 0) is 38.7 Å². The van der Waals surface area contributed by atoms with Crippen LogP contribution in [0.3, 0.4) is 0 Å². The van der Waals surface area contributed by atoms with Crippen molar-refractivity contribution >= 4 is 5.91 Å². The smallest absolute Gasteiger partial charge is 0.256 e. The van der Waals surface area contributed by atoms with Gasteiger partial charge in [0.05, 0.1) is 5.57 Å². The molecule has 2 N–H and O–H groups in total. The van der Waals surface area contributed by atoms with Gasteiger partial charge in [0.1, 0.15) is 5.67 Å². The van der Waals surface area contributed by atoms with Gasteiger partial charge in [-0.25, -0.2) is 4.39 Å². The molecule has 0 aromatic heterocycles. The molecule has 2 aliphatic rings. The monoisotopic (exact) mass is 231 g/mol. The minimum Gasteiger partial charge on any atom is -0.365 e. The van der Waals surface area contributed by atoms with Crippen LogP contribution >= 0.6 is 0 Å². The molecule has 0 atom stereocenters. The van der Waals surface area contributed by atoms with Crippen LogP contribution in [0.5, 0.6) is 0 Å². The Labute approximate surface area is 100 Å². The Morgan fingerprint density at radius 2 is 2.18 bits per heavy atom. The molecule has 0 saturated heterocycles. The van der Waals surface area contributed by atoms with E-state index in [4.69, 9.17) is 5.73 Å². The number of hydrogen-bond donors (Lipinski definition) is 1. The van der Waals surface area contributed by atoms with Gasteiger partial charge in [0.2, 0.25) is 0 Å². The zero-order valence-electron chi connectivity index (χ0n) is 9.93. The molecule has 3 heteroatoms. The van der Waals surface area contributed by atoms with E-state index in [0.717, 1.165) is 5.57 Å². The maximum Gasteiger partial charge on any atom is 0.256 e. The van der Waals surface area contributed by atoms with Gasteiger partial charge in [0, 0.05) is 11.1 Å². The average molecular weight is 231 g/mol. The van der Waals surface area contributed by atoms with Gasteiger partial charge >= 0.3 is 0 Å². The van der Waals surface area contributed by atoms with Crippen LogP contribution in [0.15, 0.2) is 28.5 Å². The van der Waals surface area contributed by atoms with E-state index in [2.05, 4.69) is 17.6 Å². The quantitative estimate of drug-likeness (QED) is 0.573. The molecular weight excluding hydrogens is 217 g/mol. The number of amides is 1. The summed E-state index contributed by atoms with van der Waals surface area (Å²) in [5.74, 6) is 5.43. The van der Waals surface area contributed by atoms with E-state index >= 15 is 0 Å². The van der Waals surface area contributed by atoms with Crippen LogP contribution in [0.25, 0.3) is 0 Å². The van der Waals surface area contributed by atoms with E-state index in [1.807, 2.05) is 0 Å². The number of carbonyl (C=O) groups is 1. The van der Waals surface area contributed by atoms with E-state index < -0.39 is 11.6 Å². The number of rotatable bonds is 2. The van der Waals surface area contributed by atoms with Crippen molar-refractivity contribution in [3.63, 3.8) is 0 Å². The Morgan fingerprint density at radius 1 is 1.53 bits per heavy atom. The Kier molecular flexibility index (Phi) is 2.69. The van der Waals surface area contributed by atoms with E-state index in [9.17, 15) is 9.18 Å². The van der Waals surface area contributed by atoms with Gasteiger partial charge < -0.3 is 5.73 Å². The molecule has 0 radical (unpaired) electrons. The van der Waals surface area contributed by atoms with Crippen LogP contribution in [0.4, 0.5) is 4.39 Å². The summed E-state index contributed by atoms with van der Waals surface area (Å²) in [5.41, 5.74) is 8.77. The number of primary amides is 1. The van der Waals surface area contributed by atoms with E-state index in [-0.39, 0.29) is 5.92 Å². The molecule has 0 unspecified atom stereocenters. The molecule has 17 heavy (non-hydrogen) atoms. The van der Waals surface area contributed by atoms with Crippen LogP contribution in [0, 0.1) is 17.8 Å². The summed E-state index contributed by atoms with van der Waals surface area (Å²) in [6, 6.07) is 0. The van der Waals surface area contributed by atoms with Crippen molar-refractivity contribution in [2.24, 2.45) is 11.7 Å². The zero-order chi connectivity index (χ0) is 12.6. The third-order valence-corrected chi connectivity index (χ3v) is 3.07. The molecule has 1 saturated carbocycles. The van der Waals surface area contributed by atoms with Crippen molar-refractivity contribution in [2.75, 3.05) is 0 Å². The Balaban J connectivity index is 2.27. The predicted molar refractivity (Wildman–Crippen MR) is 63.5 cm³/mol. The highest BCUT2D eigenvalue weighted by molar-refractivity contribution is 5.95. The summed E-state index contributed by atoms with van der Waals surface area (Å²) >= 11 is 0. The molecule has 0 aromatic rings. The maximum atomic E-state index is 13.4. The van der Waals surface area contributed by atoms with Crippen molar-refractivity contribution in [3.8, 4) is 11.8 Å². The third kappa shape index (κ3) is 2.49. The second-order valence-corrected chi connectivity index (χ2v) is 4.90. The topological polar surface area (TPSA) is 43.1 Å². The van der Waals surface area contributed by atoms with Crippen LogP contribution in [-0.4, -0.2) is 11.6 Å². The van der Waals surface area contributed by atoms with E-state index in [1.54, 1.807) is 19.9 Å². The lowest BCUT2D eigenvalue weighted by Crippen LogP contribution is -2.37. The van der Waals surface area contributed by atoms with Crippen molar-refractivity contribution in [3.05, 3.63) is 28.5 Å². The largest absolute Gasteiger partial charge is 0.365 e. The first kappa shape index (κ1) is 11.7. The third-order valence-electron chi connectivity index (χ3n) is 3.07. The summed E-state index contributed by atoms with van der Waals surface area (Å²) < 4.78 is 13.4. The number of hydrogen-bond acceptors (Lipinski definition) is 1.